The zero-order chi connectivity index (χ0) is 11.5. The molecule has 0 aromatic carbocycles. The highest BCUT2D eigenvalue weighted by atomic mass is 79.9. The maximum Gasteiger partial charge on any atom is 0.224 e. The Balaban J connectivity index is 1.98. The number of ether oxygens (including phenoxy) is 1. The van der Waals surface area contributed by atoms with Crippen LogP contribution in [0, 0.1) is 0 Å². The van der Waals surface area contributed by atoms with Gasteiger partial charge < -0.3 is 15.4 Å². The molecule has 1 fully saturated rings. The molecule has 6 heteroatoms. The van der Waals surface area contributed by atoms with Crippen LogP contribution in [-0.2, 0) is 4.74 Å². The van der Waals surface area contributed by atoms with Gasteiger partial charge in [0.15, 0.2) is 0 Å². The van der Waals surface area contributed by atoms with Gasteiger partial charge in [-0.2, -0.15) is 4.98 Å². The third-order valence-electron chi connectivity index (χ3n) is 2.74. The van der Waals surface area contributed by atoms with Gasteiger partial charge in [0.05, 0.1) is 10.6 Å². The normalized spacial score (nSPS) is 23.7. The molecule has 2 N–H and O–H groups in total. The van der Waals surface area contributed by atoms with Crippen molar-refractivity contribution >= 4 is 27.7 Å². The van der Waals surface area contributed by atoms with Gasteiger partial charge in [-0.05, 0) is 28.8 Å². The third-order valence-corrected chi connectivity index (χ3v) is 3.32. The number of hydrogen-bond donors (Lipinski definition) is 2. The molecular formula is C10H15BrN4O. The van der Waals surface area contributed by atoms with Gasteiger partial charge >= 0.3 is 0 Å². The molecule has 0 amide bonds. The molecule has 1 saturated carbocycles. The molecule has 0 aliphatic heterocycles. The number of methoxy groups -OCH3 is 1. The van der Waals surface area contributed by atoms with E-state index in [-0.39, 0.29) is 0 Å². The first kappa shape index (κ1) is 11.6. The number of hydrogen-bond acceptors (Lipinski definition) is 5. The summed E-state index contributed by atoms with van der Waals surface area (Å²) in [6, 6.07) is 0.445. The van der Waals surface area contributed by atoms with Crippen molar-refractivity contribution in [2.24, 2.45) is 0 Å². The number of rotatable bonds is 4. The molecule has 88 valence electrons. The van der Waals surface area contributed by atoms with E-state index in [2.05, 4.69) is 36.5 Å². The molecular weight excluding hydrogens is 272 g/mol. The number of anilines is 2. The smallest absolute Gasteiger partial charge is 0.224 e. The van der Waals surface area contributed by atoms with Gasteiger partial charge in [0.1, 0.15) is 5.82 Å². The maximum absolute atomic E-state index is 5.23. The van der Waals surface area contributed by atoms with Crippen LogP contribution >= 0.6 is 15.9 Å². The van der Waals surface area contributed by atoms with Crippen molar-refractivity contribution in [3.8, 4) is 0 Å². The zero-order valence-electron chi connectivity index (χ0n) is 9.33. The number of aromatic nitrogens is 2. The highest BCUT2D eigenvalue weighted by Crippen LogP contribution is 2.28. The van der Waals surface area contributed by atoms with Gasteiger partial charge in [-0.15, -0.1) is 0 Å². The average molecular weight is 287 g/mol. The zero-order valence-corrected chi connectivity index (χ0v) is 10.9. The molecule has 0 unspecified atom stereocenters. The van der Waals surface area contributed by atoms with E-state index < -0.39 is 0 Å². The third kappa shape index (κ3) is 2.44. The van der Waals surface area contributed by atoms with E-state index >= 15 is 0 Å². The van der Waals surface area contributed by atoms with E-state index in [9.17, 15) is 0 Å². The molecule has 16 heavy (non-hydrogen) atoms. The lowest BCUT2D eigenvalue weighted by molar-refractivity contribution is 0.0328. The summed E-state index contributed by atoms with van der Waals surface area (Å²) in [6.07, 6.45) is 4.19. The first-order valence-electron chi connectivity index (χ1n) is 5.22. The molecule has 0 spiro atoms. The van der Waals surface area contributed by atoms with Crippen LogP contribution in [0.5, 0.6) is 0 Å². The van der Waals surface area contributed by atoms with E-state index in [1.54, 1.807) is 20.4 Å². The molecule has 0 bridgehead atoms. The fourth-order valence-electron chi connectivity index (χ4n) is 1.66. The Bertz CT molecular complexity index is 368. The van der Waals surface area contributed by atoms with Crippen LogP contribution < -0.4 is 10.6 Å². The van der Waals surface area contributed by atoms with Crippen molar-refractivity contribution in [2.45, 2.75) is 25.0 Å². The Morgan fingerprint density at radius 2 is 2.25 bits per heavy atom. The first-order valence-corrected chi connectivity index (χ1v) is 6.02. The molecule has 1 aliphatic rings. The van der Waals surface area contributed by atoms with Crippen LogP contribution in [0.3, 0.4) is 0 Å². The second kappa shape index (κ2) is 4.97. The van der Waals surface area contributed by atoms with Gasteiger partial charge in [0.25, 0.3) is 0 Å². The van der Waals surface area contributed by atoms with Crippen LogP contribution in [0.25, 0.3) is 0 Å². The van der Waals surface area contributed by atoms with Crippen LogP contribution in [0.1, 0.15) is 12.8 Å². The minimum Gasteiger partial charge on any atom is -0.381 e. The van der Waals surface area contributed by atoms with E-state index in [4.69, 9.17) is 4.74 Å². The fourth-order valence-corrected chi connectivity index (χ4v) is 1.96. The van der Waals surface area contributed by atoms with Crippen molar-refractivity contribution < 1.29 is 4.74 Å². The lowest BCUT2D eigenvalue weighted by Crippen LogP contribution is -2.40. The Morgan fingerprint density at radius 3 is 2.88 bits per heavy atom. The minimum absolute atomic E-state index is 0.391. The lowest BCUT2D eigenvalue weighted by atomic mass is 9.89. The molecule has 1 aromatic heterocycles. The molecule has 0 radical (unpaired) electrons. The summed E-state index contributed by atoms with van der Waals surface area (Å²) in [5, 5.41) is 6.28. The second-order valence-corrected chi connectivity index (χ2v) is 4.66. The number of halogens is 1. The molecule has 5 nitrogen and oxygen atoms in total. The van der Waals surface area contributed by atoms with Crippen LogP contribution in [0.2, 0.25) is 0 Å². The van der Waals surface area contributed by atoms with E-state index in [0.717, 1.165) is 23.1 Å². The van der Waals surface area contributed by atoms with Crippen LogP contribution in [0.4, 0.5) is 11.8 Å². The van der Waals surface area contributed by atoms with Gasteiger partial charge in [-0.25, -0.2) is 4.98 Å². The summed E-state index contributed by atoms with van der Waals surface area (Å²) in [6.45, 7) is 0. The van der Waals surface area contributed by atoms with E-state index in [0.29, 0.717) is 18.1 Å². The monoisotopic (exact) mass is 286 g/mol. The van der Waals surface area contributed by atoms with E-state index in [1.807, 2.05) is 0 Å². The Kier molecular flexibility index (Phi) is 3.60. The largest absolute Gasteiger partial charge is 0.381 e. The average Bonchev–Trinajstić information content (AvgIpc) is 2.25. The Hall–Kier alpha value is -0.880. The van der Waals surface area contributed by atoms with E-state index in [1.165, 1.54) is 0 Å². The molecule has 1 aromatic rings. The van der Waals surface area contributed by atoms with Crippen molar-refractivity contribution in [1.29, 1.82) is 0 Å². The molecule has 0 atom stereocenters. The second-order valence-electron chi connectivity index (χ2n) is 3.81. The highest BCUT2D eigenvalue weighted by molar-refractivity contribution is 9.10. The maximum atomic E-state index is 5.23. The van der Waals surface area contributed by atoms with Gasteiger partial charge in [0, 0.05) is 26.4 Å². The number of nitrogens with zero attached hydrogens (tertiary/aromatic N) is 2. The molecule has 1 aliphatic carbocycles. The summed E-state index contributed by atoms with van der Waals surface area (Å²) >= 11 is 3.43. The first-order chi connectivity index (χ1) is 7.72. The van der Waals surface area contributed by atoms with Crippen molar-refractivity contribution in [3.05, 3.63) is 10.7 Å². The van der Waals surface area contributed by atoms with Gasteiger partial charge in [-0.1, -0.05) is 0 Å². The molecule has 1 heterocycles. The summed E-state index contributed by atoms with van der Waals surface area (Å²) in [4.78, 5) is 8.45. The summed E-state index contributed by atoms with van der Waals surface area (Å²) < 4.78 is 6.11. The quantitative estimate of drug-likeness (QED) is 0.885. The molecule has 2 rings (SSSR count). The predicted molar refractivity (Wildman–Crippen MR) is 66.7 cm³/mol. The van der Waals surface area contributed by atoms with Gasteiger partial charge in [0.2, 0.25) is 5.95 Å². The predicted octanol–water partition coefficient (Wildman–Crippen LogP) is 1.87. The summed E-state index contributed by atoms with van der Waals surface area (Å²) in [7, 11) is 3.55. The van der Waals surface area contributed by atoms with Crippen molar-refractivity contribution in [2.75, 3.05) is 24.8 Å². The standard InChI is InChI=1S/C10H15BrN4O/c1-12-10-13-5-8(11)9(15-10)14-6-3-7(4-6)16-2/h5-7H,3-4H2,1-2H3,(H2,12,13,14,15). The van der Waals surface area contributed by atoms with Crippen molar-refractivity contribution in [3.63, 3.8) is 0 Å². The summed E-state index contributed by atoms with van der Waals surface area (Å²) in [5.41, 5.74) is 0. The van der Waals surface area contributed by atoms with Crippen LogP contribution in [-0.4, -0.2) is 36.3 Å². The molecule has 0 saturated heterocycles. The topological polar surface area (TPSA) is 59.1 Å². The van der Waals surface area contributed by atoms with Crippen LogP contribution in [0.15, 0.2) is 10.7 Å². The summed E-state index contributed by atoms with van der Waals surface area (Å²) in [5.74, 6) is 1.45. The minimum atomic E-state index is 0.391. The highest BCUT2D eigenvalue weighted by Gasteiger charge is 2.29. The lowest BCUT2D eigenvalue weighted by Gasteiger charge is -2.35. The number of nitrogens with one attached hydrogen (secondary N) is 2. The Labute approximate surface area is 103 Å². The van der Waals surface area contributed by atoms with Crippen molar-refractivity contribution in [1.82, 2.24) is 9.97 Å². The Morgan fingerprint density at radius 1 is 1.50 bits per heavy atom. The van der Waals surface area contributed by atoms with Gasteiger partial charge in [-0.3, -0.25) is 0 Å². The SMILES string of the molecule is CNc1ncc(Br)c(NC2CC(OC)C2)n1. The fraction of sp³-hybridized carbons (Fsp3) is 0.600.